The lowest BCUT2D eigenvalue weighted by atomic mass is 10.0. The summed E-state index contributed by atoms with van der Waals surface area (Å²) in [4.78, 5) is 0. The van der Waals surface area contributed by atoms with Crippen LogP contribution < -0.4 is 0 Å². The molecule has 17 heavy (non-hydrogen) atoms. The lowest BCUT2D eigenvalue weighted by molar-refractivity contribution is 0.481. The molecule has 0 saturated heterocycles. The Hall–Kier alpha value is -2.28. The first-order valence-electron chi connectivity index (χ1n) is 5.62. The second-order valence-electron chi connectivity index (χ2n) is 4.08. The number of rotatable bonds is 1. The van der Waals surface area contributed by atoms with E-state index in [2.05, 4.69) is 18.2 Å². The predicted octanol–water partition coefficient (Wildman–Crippen LogP) is 4.21. The van der Waals surface area contributed by atoms with Crippen molar-refractivity contribution in [1.82, 2.24) is 0 Å². The third-order valence-electron chi connectivity index (χ3n) is 2.97. The van der Waals surface area contributed by atoms with E-state index in [1.165, 1.54) is 0 Å². The van der Waals surface area contributed by atoms with Crippen molar-refractivity contribution < 1.29 is 5.11 Å². The van der Waals surface area contributed by atoms with E-state index in [-0.39, 0.29) is 0 Å². The highest BCUT2D eigenvalue weighted by atomic mass is 16.3. The molecule has 3 rings (SSSR count). The zero-order valence-corrected chi connectivity index (χ0v) is 9.30. The van der Waals surface area contributed by atoms with Crippen LogP contribution in [0, 0.1) is 0 Å². The SMILES string of the molecule is Oc1cccc2ccc(-c3ccccc3)cc12. The minimum absolute atomic E-state index is 0.334. The quantitative estimate of drug-likeness (QED) is 0.651. The number of hydrogen-bond acceptors (Lipinski definition) is 1. The van der Waals surface area contributed by atoms with Gasteiger partial charge < -0.3 is 5.11 Å². The smallest absolute Gasteiger partial charge is 0.123 e. The molecule has 0 spiro atoms. The van der Waals surface area contributed by atoms with Gasteiger partial charge in [0.15, 0.2) is 0 Å². The molecule has 0 radical (unpaired) electrons. The largest absolute Gasteiger partial charge is 0.507 e. The fraction of sp³-hybridized carbons (Fsp3) is 0. The number of hydrogen-bond donors (Lipinski definition) is 1. The summed E-state index contributed by atoms with van der Waals surface area (Å²) in [5, 5.41) is 11.8. The Morgan fingerprint density at radius 3 is 2.29 bits per heavy atom. The van der Waals surface area contributed by atoms with Crippen molar-refractivity contribution in [2.24, 2.45) is 0 Å². The molecule has 3 aromatic carbocycles. The highest BCUT2D eigenvalue weighted by molar-refractivity contribution is 5.91. The van der Waals surface area contributed by atoms with Gasteiger partial charge in [0.25, 0.3) is 0 Å². The van der Waals surface area contributed by atoms with Gasteiger partial charge in [0.1, 0.15) is 5.75 Å². The zero-order valence-electron chi connectivity index (χ0n) is 9.30. The van der Waals surface area contributed by atoms with E-state index in [0.29, 0.717) is 5.75 Å². The van der Waals surface area contributed by atoms with Crippen molar-refractivity contribution >= 4 is 10.8 Å². The van der Waals surface area contributed by atoms with E-state index in [1.54, 1.807) is 6.07 Å². The molecule has 0 unspecified atom stereocenters. The Morgan fingerprint density at radius 1 is 0.647 bits per heavy atom. The molecule has 1 heteroatoms. The summed E-state index contributed by atoms with van der Waals surface area (Å²) < 4.78 is 0. The molecule has 1 nitrogen and oxygen atoms in total. The number of fused-ring (bicyclic) bond motifs is 1. The van der Waals surface area contributed by atoms with Crippen LogP contribution in [-0.4, -0.2) is 5.11 Å². The van der Waals surface area contributed by atoms with Crippen LogP contribution in [0.25, 0.3) is 21.9 Å². The van der Waals surface area contributed by atoms with Crippen LogP contribution in [0.15, 0.2) is 66.7 Å². The van der Waals surface area contributed by atoms with Gasteiger partial charge in [-0.15, -0.1) is 0 Å². The lowest BCUT2D eigenvalue weighted by Gasteiger charge is -2.05. The standard InChI is InChI=1S/C16H12O/c17-16-8-4-7-13-9-10-14(11-15(13)16)12-5-2-1-3-6-12/h1-11,17H. The Bertz CT molecular complexity index is 657. The van der Waals surface area contributed by atoms with Gasteiger partial charge in [0, 0.05) is 5.39 Å². The molecule has 3 aromatic rings. The normalized spacial score (nSPS) is 10.6. The molecule has 0 saturated carbocycles. The van der Waals surface area contributed by atoms with Gasteiger partial charge in [0.2, 0.25) is 0 Å². The number of phenols is 1. The number of aromatic hydroxyl groups is 1. The summed E-state index contributed by atoms with van der Waals surface area (Å²) in [5.41, 5.74) is 2.29. The highest BCUT2D eigenvalue weighted by Crippen LogP contribution is 2.29. The number of benzene rings is 3. The first kappa shape index (κ1) is 9.91. The van der Waals surface area contributed by atoms with Crippen molar-refractivity contribution in [2.75, 3.05) is 0 Å². The minimum Gasteiger partial charge on any atom is -0.507 e. The topological polar surface area (TPSA) is 20.2 Å². The van der Waals surface area contributed by atoms with Gasteiger partial charge in [-0.05, 0) is 28.6 Å². The fourth-order valence-electron chi connectivity index (χ4n) is 2.07. The zero-order chi connectivity index (χ0) is 11.7. The van der Waals surface area contributed by atoms with Crippen molar-refractivity contribution in [3.8, 4) is 16.9 Å². The third kappa shape index (κ3) is 1.76. The molecule has 0 fully saturated rings. The Morgan fingerprint density at radius 2 is 1.47 bits per heavy atom. The molecule has 0 aliphatic heterocycles. The maximum absolute atomic E-state index is 9.84. The van der Waals surface area contributed by atoms with E-state index >= 15 is 0 Å². The third-order valence-corrected chi connectivity index (χ3v) is 2.97. The summed E-state index contributed by atoms with van der Waals surface area (Å²) in [5.74, 6) is 0.334. The molecule has 0 aliphatic carbocycles. The Kier molecular flexibility index (Phi) is 2.30. The van der Waals surface area contributed by atoms with Gasteiger partial charge in [-0.1, -0.05) is 54.6 Å². The molecule has 0 heterocycles. The molecule has 0 amide bonds. The second kappa shape index (κ2) is 3.95. The van der Waals surface area contributed by atoms with Gasteiger partial charge in [-0.2, -0.15) is 0 Å². The average Bonchev–Trinajstić information content (AvgIpc) is 2.40. The number of phenolic OH excluding ortho intramolecular Hbond substituents is 1. The van der Waals surface area contributed by atoms with Gasteiger partial charge >= 0.3 is 0 Å². The molecular weight excluding hydrogens is 208 g/mol. The van der Waals surface area contributed by atoms with Gasteiger partial charge in [-0.25, -0.2) is 0 Å². The molecule has 0 atom stereocenters. The summed E-state index contributed by atoms with van der Waals surface area (Å²) in [6.45, 7) is 0. The van der Waals surface area contributed by atoms with Crippen molar-refractivity contribution in [1.29, 1.82) is 0 Å². The first-order chi connectivity index (χ1) is 8.34. The lowest BCUT2D eigenvalue weighted by Crippen LogP contribution is -1.79. The Labute approximate surface area is 100.0 Å². The molecule has 1 N–H and O–H groups in total. The van der Waals surface area contributed by atoms with E-state index in [1.807, 2.05) is 42.5 Å². The van der Waals surface area contributed by atoms with E-state index < -0.39 is 0 Å². The van der Waals surface area contributed by atoms with Crippen LogP contribution in [0.5, 0.6) is 5.75 Å². The maximum Gasteiger partial charge on any atom is 0.123 e. The van der Waals surface area contributed by atoms with Crippen LogP contribution in [0.1, 0.15) is 0 Å². The Balaban J connectivity index is 2.23. The van der Waals surface area contributed by atoms with Crippen molar-refractivity contribution in [2.45, 2.75) is 0 Å². The van der Waals surface area contributed by atoms with Gasteiger partial charge in [-0.3, -0.25) is 0 Å². The van der Waals surface area contributed by atoms with Crippen LogP contribution in [-0.2, 0) is 0 Å². The molecular formula is C16H12O. The predicted molar refractivity (Wildman–Crippen MR) is 71.0 cm³/mol. The summed E-state index contributed by atoms with van der Waals surface area (Å²) in [6.07, 6.45) is 0. The van der Waals surface area contributed by atoms with Crippen molar-refractivity contribution in [3.63, 3.8) is 0 Å². The van der Waals surface area contributed by atoms with Crippen molar-refractivity contribution in [3.05, 3.63) is 66.7 Å². The average molecular weight is 220 g/mol. The summed E-state index contributed by atoms with van der Waals surface area (Å²) >= 11 is 0. The van der Waals surface area contributed by atoms with E-state index in [9.17, 15) is 5.11 Å². The van der Waals surface area contributed by atoms with E-state index in [4.69, 9.17) is 0 Å². The molecule has 82 valence electrons. The van der Waals surface area contributed by atoms with Crippen LogP contribution in [0.4, 0.5) is 0 Å². The summed E-state index contributed by atoms with van der Waals surface area (Å²) in [6, 6.07) is 21.9. The second-order valence-corrected chi connectivity index (χ2v) is 4.08. The monoisotopic (exact) mass is 220 g/mol. The fourth-order valence-corrected chi connectivity index (χ4v) is 2.07. The van der Waals surface area contributed by atoms with E-state index in [0.717, 1.165) is 21.9 Å². The first-order valence-corrected chi connectivity index (χ1v) is 5.62. The van der Waals surface area contributed by atoms with Crippen LogP contribution in [0.3, 0.4) is 0 Å². The molecule has 0 aliphatic rings. The maximum atomic E-state index is 9.84. The van der Waals surface area contributed by atoms with Crippen LogP contribution >= 0.6 is 0 Å². The highest BCUT2D eigenvalue weighted by Gasteiger charge is 2.02. The van der Waals surface area contributed by atoms with Gasteiger partial charge in [0.05, 0.1) is 0 Å². The summed E-state index contributed by atoms with van der Waals surface area (Å²) in [7, 11) is 0. The van der Waals surface area contributed by atoms with Crippen LogP contribution in [0.2, 0.25) is 0 Å². The minimum atomic E-state index is 0.334. The molecule has 0 aromatic heterocycles. The molecule has 0 bridgehead atoms.